The maximum Gasteiger partial charge on any atom is 0.161 e. The lowest BCUT2D eigenvalue weighted by Gasteiger charge is -2.11. The number of nitrogens with one attached hydrogen (secondary N) is 2. The standard InChI is InChI=1S/C12H11Cl2FN4/c1-6-2-3-7(4-10(6)15)17-11-8(13)5-9(14)12(18-11)19-16/h2-5H,16H2,1H3,(H2,17,18,19). The predicted octanol–water partition coefficient (Wildman–Crippen LogP) is 3.87. The predicted molar refractivity (Wildman–Crippen MR) is 76.5 cm³/mol. The quantitative estimate of drug-likeness (QED) is 0.595. The summed E-state index contributed by atoms with van der Waals surface area (Å²) in [6.45, 7) is 1.68. The molecule has 0 spiro atoms. The van der Waals surface area contributed by atoms with Crippen LogP contribution in [0.25, 0.3) is 0 Å². The highest BCUT2D eigenvalue weighted by Gasteiger charge is 2.09. The van der Waals surface area contributed by atoms with E-state index in [-0.39, 0.29) is 11.6 Å². The zero-order valence-corrected chi connectivity index (χ0v) is 11.5. The van der Waals surface area contributed by atoms with Crippen LogP contribution < -0.4 is 16.6 Å². The minimum absolute atomic E-state index is 0.279. The van der Waals surface area contributed by atoms with E-state index < -0.39 is 0 Å². The van der Waals surface area contributed by atoms with Crippen LogP contribution in [0.1, 0.15) is 5.56 Å². The van der Waals surface area contributed by atoms with Gasteiger partial charge in [0.25, 0.3) is 0 Å². The molecule has 1 aromatic carbocycles. The first kappa shape index (κ1) is 13.9. The average molecular weight is 301 g/mol. The third-order valence-corrected chi connectivity index (χ3v) is 3.08. The Kier molecular flexibility index (Phi) is 4.09. The normalized spacial score (nSPS) is 10.4. The van der Waals surface area contributed by atoms with Crippen LogP contribution in [0.4, 0.5) is 21.7 Å². The van der Waals surface area contributed by atoms with Crippen LogP contribution >= 0.6 is 23.2 Å². The molecule has 0 radical (unpaired) electrons. The number of nitrogens with two attached hydrogens (primary N) is 1. The second-order valence-electron chi connectivity index (χ2n) is 3.88. The van der Waals surface area contributed by atoms with Crippen molar-refractivity contribution < 1.29 is 4.39 Å². The zero-order chi connectivity index (χ0) is 14.0. The lowest BCUT2D eigenvalue weighted by molar-refractivity contribution is 0.619. The summed E-state index contributed by atoms with van der Waals surface area (Å²) in [6.07, 6.45) is 0. The largest absolute Gasteiger partial charge is 0.339 e. The number of hydrazine groups is 1. The minimum atomic E-state index is -0.313. The van der Waals surface area contributed by atoms with Gasteiger partial charge in [0, 0.05) is 5.69 Å². The highest BCUT2D eigenvalue weighted by Crippen LogP contribution is 2.30. The molecule has 0 fully saturated rings. The Hall–Kier alpha value is -1.56. The van der Waals surface area contributed by atoms with Gasteiger partial charge in [-0.1, -0.05) is 29.3 Å². The van der Waals surface area contributed by atoms with Gasteiger partial charge in [-0.15, -0.1) is 0 Å². The number of nitrogen functional groups attached to an aromatic ring is 1. The van der Waals surface area contributed by atoms with E-state index in [2.05, 4.69) is 15.7 Å². The van der Waals surface area contributed by atoms with E-state index in [9.17, 15) is 4.39 Å². The van der Waals surface area contributed by atoms with Crippen molar-refractivity contribution in [3.8, 4) is 0 Å². The maximum atomic E-state index is 13.4. The van der Waals surface area contributed by atoms with Gasteiger partial charge in [-0.25, -0.2) is 15.2 Å². The van der Waals surface area contributed by atoms with Crippen molar-refractivity contribution in [2.75, 3.05) is 10.7 Å². The number of halogens is 3. The highest BCUT2D eigenvalue weighted by atomic mass is 35.5. The van der Waals surface area contributed by atoms with Crippen molar-refractivity contribution in [1.29, 1.82) is 0 Å². The molecular formula is C12H11Cl2FN4. The molecule has 100 valence electrons. The number of aromatic nitrogens is 1. The summed E-state index contributed by atoms with van der Waals surface area (Å²) in [4.78, 5) is 4.10. The lowest BCUT2D eigenvalue weighted by Crippen LogP contribution is -2.10. The number of hydrogen-bond donors (Lipinski definition) is 3. The first-order chi connectivity index (χ1) is 9.01. The number of anilines is 3. The molecule has 0 amide bonds. The van der Waals surface area contributed by atoms with E-state index in [4.69, 9.17) is 29.0 Å². The molecule has 0 aliphatic carbocycles. The lowest BCUT2D eigenvalue weighted by atomic mass is 10.2. The Morgan fingerprint density at radius 3 is 2.47 bits per heavy atom. The molecule has 1 aromatic heterocycles. The summed E-state index contributed by atoms with van der Waals surface area (Å²) in [5, 5.41) is 3.51. The van der Waals surface area contributed by atoms with Gasteiger partial charge in [0.2, 0.25) is 0 Å². The van der Waals surface area contributed by atoms with Crippen LogP contribution in [0.15, 0.2) is 24.3 Å². The van der Waals surface area contributed by atoms with Crippen molar-refractivity contribution >= 4 is 40.5 Å². The molecule has 2 aromatic rings. The van der Waals surface area contributed by atoms with Crippen molar-refractivity contribution in [1.82, 2.24) is 4.98 Å². The average Bonchev–Trinajstić information content (AvgIpc) is 2.37. The summed E-state index contributed by atoms with van der Waals surface area (Å²) >= 11 is 11.9. The van der Waals surface area contributed by atoms with Gasteiger partial charge in [-0.05, 0) is 30.7 Å². The number of hydrogen-bond acceptors (Lipinski definition) is 4. The van der Waals surface area contributed by atoms with Gasteiger partial charge in [0.05, 0.1) is 10.0 Å². The number of benzene rings is 1. The van der Waals surface area contributed by atoms with E-state index in [0.29, 0.717) is 27.1 Å². The fourth-order valence-electron chi connectivity index (χ4n) is 1.46. The van der Waals surface area contributed by atoms with Gasteiger partial charge >= 0.3 is 0 Å². The first-order valence-corrected chi connectivity index (χ1v) is 6.12. The first-order valence-electron chi connectivity index (χ1n) is 5.37. The van der Waals surface area contributed by atoms with E-state index in [1.807, 2.05) is 0 Å². The fourth-order valence-corrected chi connectivity index (χ4v) is 1.92. The van der Waals surface area contributed by atoms with Gasteiger partial charge in [0.15, 0.2) is 11.6 Å². The van der Waals surface area contributed by atoms with Crippen molar-refractivity contribution in [2.45, 2.75) is 6.92 Å². The Bertz CT molecular complexity index is 619. The molecule has 0 aliphatic heterocycles. The second-order valence-corrected chi connectivity index (χ2v) is 4.70. The molecule has 4 N–H and O–H groups in total. The highest BCUT2D eigenvalue weighted by molar-refractivity contribution is 6.37. The number of aryl methyl sites for hydroxylation is 1. The molecule has 2 rings (SSSR count). The Labute approximate surface area is 119 Å². The molecule has 0 aliphatic rings. The molecule has 4 nitrogen and oxygen atoms in total. The van der Waals surface area contributed by atoms with Crippen molar-refractivity contribution in [2.24, 2.45) is 5.84 Å². The van der Waals surface area contributed by atoms with Crippen LogP contribution in [-0.4, -0.2) is 4.98 Å². The monoisotopic (exact) mass is 300 g/mol. The summed E-state index contributed by atoms with van der Waals surface area (Å²) in [6, 6.07) is 6.24. The van der Waals surface area contributed by atoms with Crippen LogP contribution in [0.2, 0.25) is 10.0 Å². The second kappa shape index (κ2) is 5.61. The molecule has 0 saturated heterocycles. The van der Waals surface area contributed by atoms with Gasteiger partial charge in [-0.3, -0.25) is 0 Å². The molecule has 0 atom stereocenters. The van der Waals surface area contributed by atoms with Gasteiger partial charge < -0.3 is 10.7 Å². The van der Waals surface area contributed by atoms with Crippen LogP contribution in [-0.2, 0) is 0 Å². The third-order valence-electron chi connectivity index (χ3n) is 2.50. The minimum Gasteiger partial charge on any atom is -0.339 e. The van der Waals surface area contributed by atoms with Gasteiger partial charge in [0.1, 0.15) is 5.82 Å². The number of pyridine rings is 1. The van der Waals surface area contributed by atoms with E-state index >= 15 is 0 Å². The summed E-state index contributed by atoms with van der Waals surface area (Å²) in [5.41, 5.74) is 3.44. The zero-order valence-electron chi connectivity index (χ0n) is 9.97. The molecule has 0 unspecified atom stereocenters. The third kappa shape index (κ3) is 3.07. The number of rotatable bonds is 3. The Morgan fingerprint density at radius 1 is 1.16 bits per heavy atom. The van der Waals surface area contributed by atoms with Crippen LogP contribution in [0.5, 0.6) is 0 Å². The fraction of sp³-hybridized carbons (Fsp3) is 0.0833. The Morgan fingerprint density at radius 2 is 1.84 bits per heavy atom. The van der Waals surface area contributed by atoms with Crippen LogP contribution in [0, 0.1) is 12.7 Å². The molecule has 0 bridgehead atoms. The van der Waals surface area contributed by atoms with Crippen LogP contribution in [0.3, 0.4) is 0 Å². The van der Waals surface area contributed by atoms with Crippen molar-refractivity contribution in [3.05, 3.63) is 45.7 Å². The van der Waals surface area contributed by atoms with E-state index in [1.165, 1.54) is 12.1 Å². The summed E-state index contributed by atoms with van der Waals surface area (Å²) in [7, 11) is 0. The smallest absolute Gasteiger partial charge is 0.161 e. The molecule has 0 saturated carbocycles. The summed E-state index contributed by atoms with van der Waals surface area (Å²) < 4.78 is 13.4. The van der Waals surface area contributed by atoms with Crippen molar-refractivity contribution in [3.63, 3.8) is 0 Å². The number of nitrogens with zero attached hydrogens (tertiary/aromatic N) is 1. The SMILES string of the molecule is Cc1ccc(Nc2nc(NN)c(Cl)cc2Cl)cc1F. The molecule has 1 heterocycles. The Balaban J connectivity index is 2.34. The molecule has 7 heteroatoms. The molecular weight excluding hydrogens is 290 g/mol. The van der Waals surface area contributed by atoms with Gasteiger partial charge in [-0.2, -0.15) is 0 Å². The van der Waals surface area contributed by atoms with E-state index in [0.717, 1.165) is 0 Å². The topological polar surface area (TPSA) is 63.0 Å². The van der Waals surface area contributed by atoms with E-state index in [1.54, 1.807) is 19.1 Å². The maximum absolute atomic E-state index is 13.4. The molecule has 19 heavy (non-hydrogen) atoms. The summed E-state index contributed by atoms with van der Waals surface area (Å²) in [5.74, 6) is 5.58.